The van der Waals surface area contributed by atoms with Gasteiger partial charge in [-0.15, -0.1) is 10.2 Å². The summed E-state index contributed by atoms with van der Waals surface area (Å²) in [6.07, 6.45) is -5.07. The van der Waals surface area contributed by atoms with Crippen molar-refractivity contribution in [1.29, 1.82) is 0 Å². The van der Waals surface area contributed by atoms with Crippen molar-refractivity contribution < 1.29 is 22.7 Å². The standard InChI is InChI=1S/C26H30ClF3N4O2S/c1-15(2)13-34-24(17(5)36-20-9-6-18(7-10-20)16(3)4)32-33-25(34)37-14-23(35)31-22-11-8-19(27)12-21(22)26(28,29)30/h6-12,15-17H,13-14H2,1-5H3,(H,31,35). The highest BCUT2D eigenvalue weighted by atomic mass is 35.5. The molecule has 0 fully saturated rings. The second kappa shape index (κ2) is 12.2. The Kier molecular flexibility index (Phi) is 9.52. The first-order valence-electron chi connectivity index (χ1n) is 11.8. The van der Waals surface area contributed by atoms with E-state index in [1.165, 1.54) is 11.6 Å². The SMILES string of the molecule is CC(C)Cn1c(SCC(=O)Nc2ccc(Cl)cc2C(F)(F)F)nnc1C(C)Oc1ccc(C(C)C)cc1. The van der Waals surface area contributed by atoms with Crippen molar-refractivity contribution in [1.82, 2.24) is 14.8 Å². The molecule has 3 aromatic rings. The van der Waals surface area contributed by atoms with E-state index in [1.54, 1.807) is 0 Å². The fourth-order valence-electron chi connectivity index (χ4n) is 3.61. The first-order valence-corrected chi connectivity index (χ1v) is 13.2. The third-order valence-corrected chi connectivity index (χ3v) is 6.61. The molecule has 1 heterocycles. The Morgan fingerprint density at radius 3 is 2.35 bits per heavy atom. The topological polar surface area (TPSA) is 69.0 Å². The van der Waals surface area contributed by atoms with Crippen LogP contribution in [-0.2, 0) is 17.5 Å². The number of alkyl halides is 3. The fourth-order valence-corrected chi connectivity index (χ4v) is 4.54. The number of amides is 1. The van der Waals surface area contributed by atoms with Gasteiger partial charge in [-0.05, 0) is 54.7 Å². The van der Waals surface area contributed by atoms with E-state index < -0.39 is 23.8 Å². The van der Waals surface area contributed by atoms with Crippen LogP contribution in [0.2, 0.25) is 5.02 Å². The van der Waals surface area contributed by atoms with Crippen LogP contribution in [0.15, 0.2) is 47.6 Å². The molecule has 3 rings (SSSR count). The zero-order valence-corrected chi connectivity index (χ0v) is 22.8. The van der Waals surface area contributed by atoms with Crippen molar-refractivity contribution >= 4 is 35.0 Å². The second-order valence-electron chi connectivity index (χ2n) is 9.35. The number of rotatable bonds is 10. The number of carbonyl (C=O) groups is 1. The van der Waals surface area contributed by atoms with Crippen LogP contribution in [0.25, 0.3) is 0 Å². The molecular weight excluding hydrogens is 525 g/mol. The number of ether oxygens (including phenoxy) is 1. The summed E-state index contributed by atoms with van der Waals surface area (Å²) in [5.41, 5.74) is -0.144. The maximum Gasteiger partial charge on any atom is 0.418 e. The van der Waals surface area contributed by atoms with Gasteiger partial charge in [0, 0.05) is 11.6 Å². The maximum absolute atomic E-state index is 13.3. The van der Waals surface area contributed by atoms with Crippen molar-refractivity contribution in [3.05, 3.63) is 64.4 Å². The Bertz CT molecular complexity index is 1210. The van der Waals surface area contributed by atoms with Crippen LogP contribution in [0, 0.1) is 5.92 Å². The molecule has 1 unspecified atom stereocenters. The van der Waals surface area contributed by atoms with Gasteiger partial charge in [0.25, 0.3) is 0 Å². The average molecular weight is 555 g/mol. The minimum Gasteiger partial charge on any atom is -0.483 e. The number of anilines is 1. The number of carbonyl (C=O) groups excluding carboxylic acids is 1. The number of hydrogen-bond acceptors (Lipinski definition) is 5. The molecule has 37 heavy (non-hydrogen) atoms. The Morgan fingerprint density at radius 1 is 1.08 bits per heavy atom. The van der Waals surface area contributed by atoms with Gasteiger partial charge in [0.05, 0.1) is 17.0 Å². The van der Waals surface area contributed by atoms with E-state index in [0.717, 1.165) is 23.9 Å². The molecule has 0 radical (unpaired) electrons. The lowest BCUT2D eigenvalue weighted by Crippen LogP contribution is -2.19. The molecule has 0 aliphatic rings. The van der Waals surface area contributed by atoms with Crippen molar-refractivity contribution in [3.63, 3.8) is 0 Å². The Labute approximate surface area is 223 Å². The number of halogens is 4. The summed E-state index contributed by atoms with van der Waals surface area (Å²) >= 11 is 6.81. The summed E-state index contributed by atoms with van der Waals surface area (Å²) < 4.78 is 48.0. The smallest absolute Gasteiger partial charge is 0.418 e. The summed E-state index contributed by atoms with van der Waals surface area (Å²) in [5.74, 6) is 1.21. The van der Waals surface area contributed by atoms with E-state index in [4.69, 9.17) is 16.3 Å². The predicted octanol–water partition coefficient (Wildman–Crippen LogP) is 7.60. The van der Waals surface area contributed by atoms with Crippen LogP contribution in [0.3, 0.4) is 0 Å². The summed E-state index contributed by atoms with van der Waals surface area (Å²) in [4.78, 5) is 12.5. The molecule has 0 spiro atoms. The highest BCUT2D eigenvalue weighted by Gasteiger charge is 2.34. The number of nitrogens with one attached hydrogen (secondary N) is 1. The zero-order valence-electron chi connectivity index (χ0n) is 21.3. The number of aromatic nitrogens is 3. The van der Waals surface area contributed by atoms with Gasteiger partial charge in [-0.25, -0.2) is 0 Å². The maximum atomic E-state index is 13.3. The van der Waals surface area contributed by atoms with E-state index in [0.29, 0.717) is 29.2 Å². The summed E-state index contributed by atoms with van der Waals surface area (Å²) in [7, 11) is 0. The second-order valence-corrected chi connectivity index (χ2v) is 10.7. The quantitative estimate of drug-likeness (QED) is 0.261. The first-order chi connectivity index (χ1) is 17.3. The van der Waals surface area contributed by atoms with Gasteiger partial charge >= 0.3 is 6.18 Å². The Hall–Kier alpha value is -2.72. The summed E-state index contributed by atoms with van der Waals surface area (Å²) in [6, 6.07) is 11.1. The molecule has 1 atom stereocenters. The Balaban J connectivity index is 1.72. The minimum absolute atomic E-state index is 0.0683. The Morgan fingerprint density at radius 2 is 1.76 bits per heavy atom. The fraction of sp³-hybridized carbons (Fsp3) is 0.423. The van der Waals surface area contributed by atoms with Crippen molar-refractivity contribution in [2.45, 2.75) is 64.5 Å². The van der Waals surface area contributed by atoms with Crippen LogP contribution in [-0.4, -0.2) is 26.4 Å². The molecule has 200 valence electrons. The normalized spacial score (nSPS) is 12.7. The molecule has 1 aromatic heterocycles. The lowest BCUT2D eigenvalue weighted by molar-refractivity contribution is -0.137. The van der Waals surface area contributed by atoms with Crippen LogP contribution in [0.1, 0.15) is 63.6 Å². The first kappa shape index (κ1) is 28.8. The van der Waals surface area contributed by atoms with E-state index >= 15 is 0 Å². The van der Waals surface area contributed by atoms with Gasteiger partial charge < -0.3 is 14.6 Å². The van der Waals surface area contributed by atoms with Gasteiger partial charge in [0.15, 0.2) is 17.1 Å². The molecule has 1 amide bonds. The van der Waals surface area contributed by atoms with Crippen LogP contribution in [0.5, 0.6) is 5.75 Å². The third kappa shape index (κ3) is 7.88. The van der Waals surface area contributed by atoms with Gasteiger partial charge in [-0.3, -0.25) is 4.79 Å². The lowest BCUT2D eigenvalue weighted by Gasteiger charge is -2.18. The number of hydrogen-bond donors (Lipinski definition) is 1. The molecular formula is C26H30ClF3N4O2S. The van der Waals surface area contributed by atoms with E-state index in [-0.39, 0.29) is 22.4 Å². The highest BCUT2D eigenvalue weighted by Crippen LogP contribution is 2.36. The average Bonchev–Trinajstić information content (AvgIpc) is 3.20. The molecule has 2 aromatic carbocycles. The molecule has 0 saturated carbocycles. The number of benzene rings is 2. The van der Waals surface area contributed by atoms with E-state index in [9.17, 15) is 18.0 Å². The van der Waals surface area contributed by atoms with Gasteiger partial charge in [-0.2, -0.15) is 13.2 Å². The molecule has 0 aliphatic heterocycles. The molecule has 0 bridgehead atoms. The van der Waals surface area contributed by atoms with Crippen molar-refractivity contribution in [2.24, 2.45) is 5.92 Å². The molecule has 0 saturated heterocycles. The van der Waals surface area contributed by atoms with Gasteiger partial charge in [0.1, 0.15) is 5.75 Å². The monoisotopic (exact) mass is 554 g/mol. The van der Waals surface area contributed by atoms with Crippen LogP contribution in [0.4, 0.5) is 18.9 Å². The number of nitrogens with zero attached hydrogens (tertiary/aromatic N) is 3. The number of thioether (sulfide) groups is 1. The van der Waals surface area contributed by atoms with Crippen LogP contribution < -0.4 is 10.1 Å². The van der Waals surface area contributed by atoms with Gasteiger partial charge in [0.2, 0.25) is 5.91 Å². The predicted molar refractivity (Wildman–Crippen MR) is 140 cm³/mol. The molecule has 1 N–H and O–H groups in total. The summed E-state index contributed by atoms with van der Waals surface area (Å²) in [5, 5.41) is 11.3. The molecule has 11 heteroatoms. The van der Waals surface area contributed by atoms with Crippen LogP contribution >= 0.6 is 23.4 Å². The highest BCUT2D eigenvalue weighted by molar-refractivity contribution is 7.99. The zero-order chi connectivity index (χ0) is 27.3. The van der Waals surface area contributed by atoms with E-state index in [1.807, 2.05) is 49.6 Å². The van der Waals surface area contributed by atoms with Crippen molar-refractivity contribution in [3.8, 4) is 5.75 Å². The third-order valence-electron chi connectivity index (χ3n) is 5.41. The molecule has 0 aliphatic carbocycles. The van der Waals surface area contributed by atoms with Gasteiger partial charge in [-0.1, -0.05) is 63.2 Å². The summed E-state index contributed by atoms with van der Waals surface area (Å²) in [6.45, 7) is 10.8. The minimum atomic E-state index is -4.65. The molecule has 6 nitrogen and oxygen atoms in total. The lowest BCUT2D eigenvalue weighted by atomic mass is 10.0. The van der Waals surface area contributed by atoms with E-state index in [2.05, 4.69) is 29.4 Å². The largest absolute Gasteiger partial charge is 0.483 e. The van der Waals surface area contributed by atoms with Crippen molar-refractivity contribution in [2.75, 3.05) is 11.1 Å².